The number of likely N-dealkylation sites (tertiary alicyclic amines) is 1. The van der Waals surface area contributed by atoms with E-state index in [1.54, 1.807) is 11.8 Å². The van der Waals surface area contributed by atoms with Crippen LogP contribution in [-0.4, -0.2) is 29.1 Å². The molecule has 0 radical (unpaired) electrons. The zero-order valence-electron chi connectivity index (χ0n) is 9.79. The summed E-state index contributed by atoms with van der Waals surface area (Å²) in [4.78, 5) is 13.2. The van der Waals surface area contributed by atoms with E-state index in [0.29, 0.717) is 12.3 Å². The molecule has 86 valence electrons. The minimum atomic E-state index is -1.24. The molecule has 1 unspecified atom stereocenters. The first kappa shape index (κ1) is 12.2. The minimum Gasteiger partial charge on any atom is -0.333 e. The fraction of sp³-hybridized carbons (Fsp3) is 0.750. The Kier molecular flexibility index (Phi) is 3.53. The van der Waals surface area contributed by atoms with Crippen LogP contribution in [0.25, 0.3) is 0 Å². The fourth-order valence-corrected chi connectivity index (χ4v) is 2.28. The van der Waals surface area contributed by atoms with Crippen molar-refractivity contribution < 1.29 is 9.18 Å². The normalized spacial score (nSPS) is 31.0. The van der Waals surface area contributed by atoms with Crippen LogP contribution in [0, 0.1) is 5.92 Å². The van der Waals surface area contributed by atoms with E-state index in [0.717, 1.165) is 6.42 Å². The molecule has 15 heavy (non-hydrogen) atoms. The smallest absolute Gasteiger partial charge is 0.246 e. The molecular weight excluding hydrogens is 193 g/mol. The van der Waals surface area contributed by atoms with Gasteiger partial charge in [0.1, 0.15) is 5.67 Å². The van der Waals surface area contributed by atoms with E-state index < -0.39 is 5.67 Å². The number of nitrogens with zero attached hydrogens (tertiary/aromatic N) is 1. The molecule has 1 aliphatic heterocycles. The van der Waals surface area contributed by atoms with Crippen molar-refractivity contribution in [3.8, 4) is 0 Å². The highest BCUT2D eigenvalue weighted by molar-refractivity contribution is 5.87. The second-order valence-corrected chi connectivity index (χ2v) is 5.07. The summed E-state index contributed by atoms with van der Waals surface area (Å²) in [6.07, 6.45) is 2.58. The summed E-state index contributed by atoms with van der Waals surface area (Å²) in [6, 6.07) is 0.0329. The standard InChI is InChI=1S/C12H20FNO/c1-5-11(15)14-8-12(4,13)7-10(14)6-9(2)3/h5,9-10H,1,6-8H2,2-4H3/t10-,12?/m0/s1. The summed E-state index contributed by atoms with van der Waals surface area (Å²) in [5.41, 5.74) is -1.24. The van der Waals surface area contributed by atoms with Gasteiger partial charge in [-0.1, -0.05) is 20.4 Å². The van der Waals surface area contributed by atoms with Gasteiger partial charge in [0, 0.05) is 12.5 Å². The maximum absolute atomic E-state index is 13.8. The summed E-state index contributed by atoms with van der Waals surface area (Å²) >= 11 is 0. The van der Waals surface area contributed by atoms with Gasteiger partial charge in [0.2, 0.25) is 5.91 Å². The quantitative estimate of drug-likeness (QED) is 0.660. The maximum atomic E-state index is 13.8. The molecule has 0 saturated carbocycles. The molecule has 1 rings (SSSR count). The van der Waals surface area contributed by atoms with Crippen LogP contribution in [0.3, 0.4) is 0 Å². The zero-order chi connectivity index (χ0) is 11.6. The lowest BCUT2D eigenvalue weighted by Gasteiger charge is -2.24. The molecule has 1 saturated heterocycles. The SMILES string of the molecule is C=CC(=O)N1CC(C)(F)C[C@@H]1CC(C)C. The van der Waals surface area contributed by atoms with Crippen molar-refractivity contribution in [2.75, 3.05) is 6.54 Å². The Hall–Kier alpha value is -0.860. The molecule has 2 atom stereocenters. The average Bonchev–Trinajstić information content (AvgIpc) is 2.38. The molecule has 0 N–H and O–H groups in total. The van der Waals surface area contributed by atoms with E-state index in [9.17, 15) is 9.18 Å². The first-order chi connectivity index (χ1) is 6.85. The van der Waals surface area contributed by atoms with Gasteiger partial charge in [0.25, 0.3) is 0 Å². The van der Waals surface area contributed by atoms with Crippen molar-refractivity contribution in [1.29, 1.82) is 0 Å². The third-order valence-electron chi connectivity index (χ3n) is 2.80. The molecule has 1 aliphatic rings. The molecule has 1 fully saturated rings. The van der Waals surface area contributed by atoms with Crippen molar-refractivity contribution in [1.82, 2.24) is 4.90 Å². The van der Waals surface area contributed by atoms with Gasteiger partial charge in [-0.2, -0.15) is 0 Å². The number of carbonyl (C=O) groups is 1. The number of halogens is 1. The molecule has 0 spiro atoms. The first-order valence-corrected chi connectivity index (χ1v) is 5.47. The fourth-order valence-electron chi connectivity index (χ4n) is 2.28. The highest BCUT2D eigenvalue weighted by Gasteiger charge is 2.42. The Labute approximate surface area is 91.1 Å². The monoisotopic (exact) mass is 213 g/mol. The number of hydrogen-bond acceptors (Lipinski definition) is 1. The Bertz CT molecular complexity index is 260. The van der Waals surface area contributed by atoms with Gasteiger partial charge in [0.05, 0.1) is 6.54 Å². The predicted octanol–water partition coefficient (Wildman–Crippen LogP) is 2.55. The van der Waals surface area contributed by atoms with E-state index in [2.05, 4.69) is 20.4 Å². The van der Waals surface area contributed by atoms with E-state index in [4.69, 9.17) is 0 Å². The highest BCUT2D eigenvalue weighted by atomic mass is 19.1. The van der Waals surface area contributed by atoms with Gasteiger partial charge in [0.15, 0.2) is 0 Å². The number of carbonyl (C=O) groups excluding carboxylic acids is 1. The van der Waals surface area contributed by atoms with Crippen LogP contribution in [0.15, 0.2) is 12.7 Å². The highest BCUT2D eigenvalue weighted by Crippen LogP contribution is 2.33. The van der Waals surface area contributed by atoms with Crippen molar-refractivity contribution in [2.24, 2.45) is 5.92 Å². The second kappa shape index (κ2) is 4.33. The van der Waals surface area contributed by atoms with Crippen LogP contribution >= 0.6 is 0 Å². The van der Waals surface area contributed by atoms with Crippen LogP contribution in [0.5, 0.6) is 0 Å². The van der Waals surface area contributed by atoms with Crippen molar-refractivity contribution in [3.05, 3.63) is 12.7 Å². The van der Waals surface area contributed by atoms with Gasteiger partial charge in [-0.3, -0.25) is 4.79 Å². The first-order valence-electron chi connectivity index (χ1n) is 5.47. The Morgan fingerprint density at radius 2 is 2.33 bits per heavy atom. The number of amides is 1. The lowest BCUT2D eigenvalue weighted by molar-refractivity contribution is -0.127. The lowest BCUT2D eigenvalue weighted by atomic mass is 9.98. The van der Waals surface area contributed by atoms with Gasteiger partial charge in [-0.25, -0.2) is 4.39 Å². The topological polar surface area (TPSA) is 20.3 Å². The van der Waals surface area contributed by atoms with Crippen LogP contribution in [0.1, 0.15) is 33.6 Å². The van der Waals surface area contributed by atoms with Crippen LogP contribution in [0.2, 0.25) is 0 Å². The van der Waals surface area contributed by atoms with Gasteiger partial charge in [-0.05, 0) is 25.3 Å². The Morgan fingerprint density at radius 3 is 2.80 bits per heavy atom. The van der Waals surface area contributed by atoms with Crippen molar-refractivity contribution in [2.45, 2.75) is 45.3 Å². The van der Waals surface area contributed by atoms with E-state index >= 15 is 0 Å². The molecule has 3 heteroatoms. The van der Waals surface area contributed by atoms with Crippen LogP contribution in [-0.2, 0) is 4.79 Å². The molecule has 0 aromatic carbocycles. The largest absolute Gasteiger partial charge is 0.333 e. The number of rotatable bonds is 3. The molecular formula is C12H20FNO. The average molecular weight is 213 g/mol. The summed E-state index contributed by atoms with van der Waals surface area (Å²) in [7, 11) is 0. The molecule has 1 amide bonds. The molecule has 0 bridgehead atoms. The summed E-state index contributed by atoms with van der Waals surface area (Å²) < 4.78 is 13.8. The van der Waals surface area contributed by atoms with E-state index in [1.165, 1.54) is 6.08 Å². The Morgan fingerprint density at radius 1 is 1.73 bits per heavy atom. The third kappa shape index (κ3) is 3.05. The number of alkyl halides is 1. The molecule has 2 nitrogen and oxygen atoms in total. The van der Waals surface area contributed by atoms with Gasteiger partial charge >= 0.3 is 0 Å². The molecule has 0 aromatic heterocycles. The summed E-state index contributed by atoms with van der Waals surface area (Å²) in [6.45, 7) is 9.40. The third-order valence-corrected chi connectivity index (χ3v) is 2.80. The van der Waals surface area contributed by atoms with Gasteiger partial charge < -0.3 is 4.90 Å². The van der Waals surface area contributed by atoms with Crippen molar-refractivity contribution >= 4 is 5.91 Å². The maximum Gasteiger partial charge on any atom is 0.246 e. The second-order valence-electron chi connectivity index (χ2n) is 5.07. The van der Waals surface area contributed by atoms with Gasteiger partial charge in [-0.15, -0.1) is 0 Å². The number of hydrogen-bond donors (Lipinski definition) is 0. The van der Waals surface area contributed by atoms with Crippen LogP contribution in [0.4, 0.5) is 4.39 Å². The predicted molar refractivity (Wildman–Crippen MR) is 59.3 cm³/mol. The summed E-state index contributed by atoms with van der Waals surface area (Å²) in [5.74, 6) is 0.325. The lowest BCUT2D eigenvalue weighted by Crippen LogP contribution is -2.36. The van der Waals surface area contributed by atoms with Crippen LogP contribution < -0.4 is 0 Å². The van der Waals surface area contributed by atoms with E-state index in [1.807, 2.05) is 0 Å². The molecule has 1 heterocycles. The minimum absolute atomic E-state index is 0.0329. The Balaban J connectivity index is 2.74. The zero-order valence-corrected chi connectivity index (χ0v) is 9.79. The summed E-state index contributed by atoms with van der Waals surface area (Å²) in [5, 5.41) is 0. The van der Waals surface area contributed by atoms with Crippen molar-refractivity contribution in [3.63, 3.8) is 0 Å². The molecule has 0 aromatic rings. The molecule has 0 aliphatic carbocycles. The van der Waals surface area contributed by atoms with E-state index in [-0.39, 0.29) is 18.5 Å².